The fourth-order valence-corrected chi connectivity index (χ4v) is 2.39. The monoisotopic (exact) mass is 226 g/mol. The molecule has 2 nitrogen and oxygen atoms in total. The van der Waals surface area contributed by atoms with Crippen LogP contribution in [0, 0.1) is 5.92 Å². The number of nitrogens with zero attached hydrogens (tertiary/aromatic N) is 1. The van der Waals surface area contributed by atoms with E-state index < -0.39 is 0 Å². The van der Waals surface area contributed by atoms with E-state index in [1.54, 1.807) is 0 Å². The van der Waals surface area contributed by atoms with E-state index in [0.29, 0.717) is 0 Å². The zero-order chi connectivity index (χ0) is 11.8. The molecule has 2 unspecified atom stereocenters. The molecule has 1 rings (SSSR count). The summed E-state index contributed by atoms with van der Waals surface area (Å²) in [6.45, 7) is 12.0. The van der Waals surface area contributed by atoms with E-state index in [4.69, 9.17) is 0 Å². The molecule has 1 aliphatic heterocycles. The van der Waals surface area contributed by atoms with Crippen LogP contribution in [0.3, 0.4) is 0 Å². The maximum atomic E-state index is 3.56. The van der Waals surface area contributed by atoms with E-state index in [1.807, 2.05) is 0 Å². The number of hydrogen-bond acceptors (Lipinski definition) is 2. The average Bonchev–Trinajstić information content (AvgIpc) is 2.30. The molecule has 0 spiro atoms. The largest absolute Gasteiger partial charge is 0.316 e. The lowest BCUT2D eigenvalue weighted by Crippen LogP contribution is -2.39. The van der Waals surface area contributed by atoms with Crippen molar-refractivity contribution in [1.82, 2.24) is 10.2 Å². The van der Waals surface area contributed by atoms with E-state index in [2.05, 4.69) is 31.0 Å². The molecule has 0 aromatic rings. The third-order valence-corrected chi connectivity index (χ3v) is 3.93. The summed E-state index contributed by atoms with van der Waals surface area (Å²) in [5, 5.41) is 3.56. The minimum atomic E-state index is 0.823. The van der Waals surface area contributed by atoms with Gasteiger partial charge >= 0.3 is 0 Å². The molecular formula is C14H30N2. The molecule has 0 bridgehead atoms. The van der Waals surface area contributed by atoms with Crippen molar-refractivity contribution in [3.63, 3.8) is 0 Å². The van der Waals surface area contributed by atoms with Gasteiger partial charge in [-0.3, -0.25) is 0 Å². The molecular weight excluding hydrogens is 196 g/mol. The summed E-state index contributed by atoms with van der Waals surface area (Å²) in [5.41, 5.74) is 0. The van der Waals surface area contributed by atoms with Gasteiger partial charge in [-0.15, -0.1) is 0 Å². The summed E-state index contributed by atoms with van der Waals surface area (Å²) < 4.78 is 0. The third-order valence-electron chi connectivity index (χ3n) is 3.93. The summed E-state index contributed by atoms with van der Waals surface area (Å²) in [4.78, 5) is 2.66. The van der Waals surface area contributed by atoms with E-state index in [0.717, 1.165) is 12.0 Å². The lowest BCUT2D eigenvalue weighted by molar-refractivity contribution is 0.158. The van der Waals surface area contributed by atoms with Crippen molar-refractivity contribution in [2.45, 2.75) is 58.9 Å². The highest BCUT2D eigenvalue weighted by Gasteiger charge is 2.16. The van der Waals surface area contributed by atoms with Crippen molar-refractivity contribution in [3.05, 3.63) is 0 Å². The first-order valence-corrected chi connectivity index (χ1v) is 7.18. The Morgan fingerprint density at radius 2 is 2.19 bits per heavy atom. The second-order valence-electron chi connectivity index (χ2n) is 5.45. The first kappa shape index (κ1) is 14.0. The molecule has 0 saturated carbocycles. The number of nitrogens with one attached hydrogen (secondary N) is 1. The quantitative estimate of drug-likeness (QED) is 0.672. The normalized spacial score (nSPS) is 24.6. The Balaban J connectivity index is 1.97. The van der Waals surface area contributed by atoms with Crippen molar-refractivity contribution >= 4 is 0 Å². The van der Waals surface area contributed by atoms with Gasteiger partial charge in [-0.25, -0.2) is 0 Å². The number of piperidine rings is 1. The molecule has 96 valence electrons. The first-order valence-electron chi connectivity index (χ1n) is 7.18. The van der Waals surface area contributed by atoms with Crippen molar-refractivity contribution in [2.24, 2.45) is 5.92 Å². The van der Waals surface area contributed by atoms with E-state index >= 15 is 0 Å². The Hall–Kier alpha value is -0.0800. The molecule has 16 heavy (non-hydrogen) atoms. The Labute approximate surface area is 102 Å². The molecule has 0 radical (unpaired) electrons. The topological polar surface area (TPSA) is 15.3 Å². The third kappa shape index (κ3) is 5.31. The predicted molar refractivity (Wildman–Crippen MR) is 71.8 cm³/mol. The highest BCUT2D eigenvalue weighted by atomic mass is 15.2. The van der Waals surface area contributed by atoms with Gasteiger partial charge in [0.25, 0.3) is 0 Å². The summed E-state index contributed by atoms with van der Waals surface area (Å²) in [6.07, 6.45) is 6.84. The van der Waals surface area contributed by atoms with Gasteiger partial charge in [0.15, 0.2) is 0 Å². The standard InChI is InChI=1S/C14H30N2/c1-4-13(2)12-15-9-7-11-16-10-6-5-8-14(16)3/h13-15H,4-12H2,1-3H3. The molecule has 0 amide bonds. The first-order chi connectivity index (χ1) is 7.74. The molecule has 0 aromatic heterocycles. The smallest absolute Gasteiger partial charge is 0.00669 e. The molecule has 1 saturated heterocycles. The van der Waals surface area contributed by atoms with E-state index in [1.165, 1.54) is 58.3 Å². The Morgan fingerprint density at radius 1 is 1.38 bits per heavy atom. The number of likely N-dealkylation sites (tertiary alicyclic amines) is 1. The number of rotatable bonds is 7. The number of hydrogen-bond donors (Lipinski definition) is 1. The molecule has 2 heteroatoms. The van der Waals surface area contributed by atoms with Crippen LogP contribution >= 0.6 is 0 Å². The van der Waals surface area contributed by atoms with Gasteiger partial charge in [0.05, 0.1) is 0 Å². The Morgan fingerprint density at radius 3 is 2.88 bits per heavy atom. The van der Waals surface area contributed by atoms with Crippen LogP contribution in [0.1, 0.15) is 52.9 Å². The van der Waals surface area contributed by atoms with E-state index in [-0.39, 0.29) is 0 Å². The van der Waals surface area contributed by atoms with Crippen LogP contribution in [0.5, 0.6) is 0 Å². The fraction of sp³-hybridized carbons (Fsp3) is 1.00. The second-order valence-corrected chi connectivity index (χ2v) is 5.45. The van der Waals surface area contributed by atoms with Crippen molar-refractivity contribution < 1.29 is 0 Å². The summed E-state index contributed by atoms with van der Waals surface area (Å²) in [7, 11) is 0. The minimum absolute atomic E-state index is 0.823. The molecule has 0 aliphatic carbocycles. The van der Waals surface area contributed by atoms with Crippen molar-refractivity contribution in [2.75, 3.05) is 26.2 Å². The van der Waals surface area contributed by atoms with Gasteiger partial charge in [0.2, 0.25) is 0 Å². The van der Waals surface area contributed by atoms with Crippen LogP contribution in [0.4, 0.5) is 0 Å². The van der Waals surface area contributed by atoms with Gasteiger partial charge < -0.3 is 10.2 Å². The molecule has 0 aromatic carbocycles. The average molecular weight is 226 g/mol. The fourth-order valence-electron chi connectivity index (χ4n) is 2.39. The van der Waals surface area contributed by atoms with E-state index in [9.17, 15) is 0 Å². The summed E-state index contributed by atoms with van der Waals surface area (Å²) in [5.74, 6) is 0.828. The Bertz CT molecular complexity index is 170. The van der Waals surface area contributed by atoms with Gasteiger partial charge in [-0.05, 0) is 58.3 Å². The van der Waals surface area contributed by atoms with Gasteiger partial charge in [-0.2, -0.15) is 0 Å². The Kier molecular flexibility index (Phi) is 7.06. The molecule has 1 N–H and O–H groups in total. The minimum Gasteiger partial charge on any atom is -0.316 e. The van der Waals surface area contributed by atoms with Gasteiger partial charge in [0.1, 0.15) is 0 Å². The van der Waals surface area contributed by atoms with Crippen LogP contribution in [0.15, 0.2) is 0 Å². The van der Waals surface area contributed by atoms with Crippen LogP contribution in [-0.2, 0) is 0 Å². The summed E-state index contributed by atoms with van der Waals surface area (Å²) in [6, 6.07) is 0.823. The van der Waals surface area contributed by atoms with Crippen LogP contribution in [-0.4, -0.2) is 37.1 Å². The van der Waals surface area contributed by atoms with Crippen molar-refractivity contribution in [3.8, 4) is 0 Å². The second kappa shape index (κ2) is 8.08. The van der Waals surface area contributed by atoms with Crippen LogP contribution in [0.25, 0.3) is 0 Å². The summed E-state index contributed by atoms with van der Waals surface area (Å²) >= 11 is 0. The van der Waals surface area contributed by atoms with Gasteiger partial charge in [0, 0.05) is 6.04 Å². The van der Waals surface area contributed by atoms with Crippen LogP contribution < -0.4 is 5.32 Å². The SMILES string of the molecule is CCC(C)CNCCCN1CCCCC1C. The molecule has 1 heterocycles. The zero-order valence-corrected chi connectivity index (χ0v) is 11.5. The maximum Gasteiger partial charge on any atom is 0.00669 e. The lowest BCUT2D eigenvalue weighted by Gasteiger charge is -2.33. The molecule has 2 atom stereocenters. The van der Waals surface area contributed by atoms with Gasteiger partial charge in [-0.1, -0.05) is 26.7 Å². The van der Waals surface area contributed by atoms with Crippen LogP contribution in [0.2, 0.25) is 0 Å². The molecule has 1 aliphatic rings. The highest BCUT2D eigenvalue weighted by molar-refractivity contribution is 4.72. The maximum absolute atomic E-state index is 3.56. The zero-order valence-electron chi connectivity index (χ0n) is 11.5. The lowest BCUT2D eigenvalue weighted by atomic mass is 10.0. The molecule has 1 fully saturated rings. The predicted octanol–water partition coefficient (Wildman–Crippen LogP) is 2.89. The van der Waals surface area contributed by atoms with Crippen molar-refractivity contribution in [1.29, 1.82) is 0 Å². The highest BCUT2D eigenvalue weighted by Crippen LogP contribution is 2.15.